The summed E-state index contributed by atoms with van der Waals surface area (Å²) in [5, 5.41) is 5.85. The lowest BCUT2D eigenvalue weighted by molar-refractivity contribution is 0.416. The molecule has 0 fully saturated rings. The van der Waals surface area contributed by atoms with Crippen molar-refractivity contribution in [3.05, 3.63) is 46.4 Å². The van der Waals surface area contributed by atoms with Gasteiger partial charge in [-0.3, -0.25) is 0 Å². The zero-order valence-electron chi connectivity index (χ0n) is 12.1. The Morgan fingerprint density at radius 3 is 2.79 bits per heavy atom. The quantitative estimate of drug-likeness (QED) is 0.790. The topological polar surface area (TPSA) is 17.0 Å². The minimum atomic E-state index is 0.453. The minimum absolute atomic E-state index is 0.453. The number of aromatic nitrogens is 1. The molecule has 0 saturated carbocycles. The van der Waals surface area contributed by atoms with Crippen LogP contribution in [0.3, 0.4) is 0 Å². The maximum atomic E-state index is 3.69. The van der Waals surface area contributed by atoms with Gasteiger partial charge in [0.1, 0.15) is 0 Å². The second-order valence-corrected chi connectivity index (χ2v) is 6.35. The number of nitrogens with one attached hydrogen (secondary N) is 1. The van der Waals surface area contributed by atoms with Gasteiger partial charge in [0.2, 0.25) is 0 Å². The fourth-order valence-corrected chi connectivity index (χ4v) is 3.33. The standard InChI is InChI=1S/C16H24N2S/c1-4-8-18-9-7-14(12-18)11-17-16(13(2)3)15-6-5-10-19-15/h5-7,9-10,12-13,16-17H,4,8,11H2,1-3H3. The molecule has 1 atom stereocenters. The lowest BCUT2D eigenvalue weighted by atomic mass is 10.0. The van der Waals surface area contributed by atoms with Crippen LogP contribution < -0.4 is 5.32 Å². The van der Waals surface area contributed by atoms with Crippen LogP contribution in [0.15, 0.2) is 36.0 Å². The van der Waals surface area contributed by atoms with E-state index in [9.17, 15) is 0 Å². The van der Waals surface area contributed by atoms with Crippen molar-refractivity contribution in [2.45, 2.75) is 46.3 Å². The molecule has 1 unspecified atom stereocenters. The van der Waals surface area contributed by atoms with Gasteiger partial charge in [0.15, 0.2) is 0 Å². The van der Waals surface area contributed by atoms with Gasteiger partial charge in [0.25, 0.3) is 0 Å². The molecule has 2 aromatic heterocycles. The molecule has 0 radical (unpaired) electrons. The molecule has 0 aliphatic heterocycles. The molecule has 0 spiro atoms. The summed E-state index contributed by atoms with van der Waals surface area (Å²) in [6, 6.07) is 7.03. The van der Waals surface area contributed by atoms with Gasteiger partial charge >= 0.3 is 0 Å². The second kappa shape index (κ2) is 6.92. The maximum absolute atomic E-state index is 3.69. The summed E-state index contributed by atoms with van der Waals surface area (Å²) >= 11 is 1.84. The molecular formula is C16H24N2S. The highest BCUT2D eigenvalue weighted by molar-refractivity contribution is 7.10. The monoisotopic (exact) mass is 276 g/mol. The van der Waals surface area contributed by atoms with Crippen molar-refractivity contribution in [3.8, 4) is 0 Å². The highest BCUT2D eigenvalue weighted by Crippen LogP contribution is 2.26. The van der Waals surface area contributed by atoms with Crippen molar-refractivity contribution in [2.75, 3.05) is 0 Å². The summed E-state index contributed by atoms with van der Waals surface area (Å²) in [6.07, 6.45) is 5.61. The Morgan fingerprint density at radius 1 is 1.32 bits per heavy atom. The van der Waals surface area contributed by atoms with Crippen LogP contribution in [0.1, 0.15) is 43.7 Å². The average Bonchev–Trinajstić information content (AvgIpc) is 3.01. The molecule has 19 heavy (non-hydrogen) atoms. The first kappa shape index (κ1) is 14.4. The van der Waals surface area contributed by atoms with Crippen molar-refractivity contribution in [1.29, 1.82) is 0 Å². The molecule has 1 N–H and O–H groups in total. The van der Waals surface area contributed by atoms with Crippen molar-refractivity contribution >= 4 is 11.3 Å². The molecule has 2 nitrogen and oxygen atoms in total. The SMILES string of the molecule is CCCn1ccc(CNC(c2cccs2)C(C)C)c1. The van der Waals surface area contributed by atoms with Crippen molar-refractivity contribution in [2.24, 2.45) is 5.92 Å². The van der Waals surface area contributed by atoms with E-state index in [0.717, 1.165) is 13.1 Å². The summed E-state index contributed by atoms with van der Waals surface area (Å²) in [6.45, 7) is 8.82. The van der Waals surface area contributed by atoms with Crippen LogP contribution in [-0.2, 0) is 13.1 Å². The largest absolute Gasteiger partial charge is 0.354 e. The Hall–Kier alpha value is -1.06. The van der Waals surface area contributed by atoms with Gasteiger partial charge in [-0.05, 0) is 35.4 Å². The van der Waals surface area contributed by atoms with E-state index in [-0.39, 0.29) is 0 Å². The van der Waals surface area contributed by atoms with Crippen molar-refractivity contribution in [1.82, 2.24) is 9.88 Å². The molecular weight excluding hydrogens is 252 g/mol. The molecule has 0 amide bonds. The Kier molecular flexibility index (Phi) is 5.23. The van der Waals surface area contributed by atoms with Crippen molar-refractivity contribution in [3.63, 3.8) is 0 Å². The number of rotatable bonds is 7. The fourth-order valence-electron chi connectivity index (χ4n) is 2.35. The van der Waals surface area contributed by atoms with Gasteiger partial charge in [-0.2, -0.15) is 0 Å². The molecule has 0 aromatic carbocycles. The van der Waals surface area contributed by atoms with Gasteiger partial charge in [0.05, 0.1) is 0 Å². The van der Waals surface area contributed by atoms with Crippen LogP contribution in [0.25, 0.3) is 0 Å². The molecule has 2 aromatic rings. The molecule has 0 bridgehead atoms. The van der Waals surface area contributed by atoms with Gasteiger partial charge in [-0.15, -0.1) is 11.3 Å². The molecule has 2 rings (SSSR count). The van der Waals surface area contributed by atoms with E-state index in [1.165, 1.54) is 16.9 Å². The normalized spacial score (nSPS) is 13.1. The lowest BCUT2D eigenvalue weighted by Crippen LogP contribution is -2.24. The van der Waals surface area contributed by atoms with E-state index in [4.69, 9.17) is 0 Å². The summed E-state index contributed by atoms with van der Waals surface area (Å²) in [5.74, 6) is 0.608. The number of thiophene rings is 1. The van der Waals surface area contributed by atoms with Gasteiger partial charge in [-0.1, -0.05) is 26.8 Å². The number of aryl methyl sites for hydroxylation is 1. The molecule has 0 aliphatic rings. The van der Waals surface area contributed by atoms with Crippen molar-refractivity contribution < 1.29 is 0 Å². The van der Waals surface area contributed by atoms with E-state index in [1.54, 1.807) is 0 Å². The maximum Gasteiger partial charge on any atom is 0.0440 e. The van der Waals surface area contributed by atoms with Gasteiger partial charge < -0.3 is 9.88 Å². The lowest BCUT2D eigenvalue weighted by Gasteiger charge is -2.21. The third kappa shape index (κ3) is 3.95. The van der Waals surface area contributed by atoms with Crippen LogP contribution in [-0.4, -0.2) is 4.57 Å². The average molecular weight is 276 g/mol. The highest BCUT2D eigenvalue weighted by atomic mass is 32.1. The first-order chi connectivity index (χ1) is 9.20. The first-order valence-electron chi connectivity index (χ1n) is 7.12. The third-order valence-corrected chi connectivity index (χ3v) is 4.29. The minimum Gasteiger partial charge on any atom is -0.354 e. The Bertz CT molecular complexity index is 471. The second-order valence-electron chi connectivity index (χ2n) is 5.38. The number of nitrogens with zero attached hydrogens (tertiary/aromatic N) is 1. The van der Waals surface area contributed by atoms with E-state index < -0.39 is 0 Å². The summed E-state index contributed by atoms with van der Waals surface area (Å²) < 4.78 is 2.27. The van der Waals surface area contributed by atoms with E-state index >= 15 is 0 Å². The van der Waals surface area contributed by atoms with Crippen LogP contribution in [0, 0.1) is 5.92 Å². The highest BCUT2D eigenvalue weighted by Gasteiger charge is 2.16. The zero-order chi connectivity index (χ0) is 13.7. The Morgan fingerprint density at radius 2 is 2.16 bits per heavy atom. The van der Waals surface area contributed by atoms with Gasteiger partial charge in [-0.25, -0.2) is 0 Å². The Labute approximate surface area is 120 Å². The third-order valence-electron chi connectivity index (χ3n) is 3.34. The van der Waals surface area contributed by atoms with Crippen LogP contribution >= 0.6 is 11.3 Å². The molecule has 0 saturated heterocycles. The van der Waals surface area contributed by atoms with E-state index in [1.807, 2.05) is 11.3 Å². The molecule has 2 heterocycles. The summed E-state index contributed by atoms with van der Waals surface area (Å²) in [7, 11) is 0. The first-order valence-corrected chi connectivity index (χ1v) is 8.00. The van der Waals surface area contributed by atoms with E-state index in [0.29, 0.717) is 12.0 Å². The van der Waals surface area contributed by atoms with Crippen LogP contribution in [0.5, 0.6) is 0 Å². The molecule has 3 heteroatoms. The fraction of sp³-hybridized carbons (Fsp3) is 0.500. The van der Waals surface area contributed by atoms with Gasteiger partial charge in [0, 0.05) is 36.4 Å². The molecule has 104 valence electrons. The predicted octanol–water partition coefficient (Wildman–Crippen LogP) is 4.45. The molecule has 0 aliphatic carbocycles. The van der Waals surface area contributed by atoms with Crippen LogP contribution in [0.4, 0.5) is 0 Å². The Balaban J connectivity index is 1.95. The summed E-state index contributed by atoms with van der Waals surface area (Å²) in [4.78, 5) is 1.43. The number of hydrogen-bond donors (Lipinski definition) is 1. The smallest absolute Gasteiger partial charge is 0.0440 e. The van der Waals surface area contributed by atoms with Crippen LogP contribution in [0.2, 0.25) is 0 Å². The predicted molar refractivity (Wildman–Crippen MR) is 83.5 cm³/mol. The van der Waals surface area contributed by atoms with E-state index in [2.05, 4.69) is 66.6 Å². The number of hydrogen-bond acceptors (Lipinski definition) is 2. The summed E-state index contributed by atoms with van der Waals surface area (Å²) in [5.41, 5.74) is 1.37. The zero-order valence-corrected chi connectivity index (χ0v) is 12.9.